The Kier molecular flexibility index (Phi) is 4.52. The molecule has 0 atom stereocenters. The minimum absolute atomic E-state index is 0.0170. The molecule has 0 unspecified atom stereocenters. The second-order valence-electron chi connectivity index (χ2n) is 4.28. The van der Waals surface area contributed by atoms with E-state index in [1.54, 1.807) is 11.3 Å². The lowest BCUT2D eigenvalue weighted by Gasteiger charge is -2.04. The number of aryl methyl sites for hydroxylation is 1. The molecule has 0 radical (unpaired) electrons. The molecule has 0 bridgehead atoms. The van der Waals surface area contributed by atoms with Crippen LogP contribution < -0.4 is 11.1 Å². The second kappa shape index (κ2) is 6.33. The summed E-state index contributed by atoms with van der Waals surface area (Å²) < 4.78 is 0. The average Bonchev–Trinajstić information content (AvgIpc) is 2.84. The van der Waals surface area contributed by atoms with Crippen LogP contribution in [0, 0.1) is 0 Å². The van der Waals surface area contributed by atoms with Crippen molar-refractivity contribution in [3.63, 3.8) is 0 Å². The Bertz CT molecular complexity index is 565. The zero-order chi connectivity index (χ0) is 13.7. The van der Waals surface area contributed by atoms with Crippen LogP contribution in [0.3, 0.4) is 0 Å². The van der Waals surface area contributed by atoms with Crippen LogP contribution in [-0.2, 0) is 24.2 Å². The molecule has 0 spiro atoms. The zero-order valence-corrected chi connectivity index (χ0v) is 11.7. The number of nitrogen functional groups attached to an aromatic ring is 1. The molecule has 3 N–H and O–H groups in total. The number of anilines is 1. The SMILES string of the molecule is CCc1nc(CNC(=O)Cc2cccc(N)c2)cs1. The van der Waals surface area contributed by atoms with Crippen molar-refractivity contribution in [1.82, 2.24) is 10.3 Å². The number of benzene rings is 1. The van der Waals surface area contributed by atoms with Gasteiger partial charge in [-0.3, -0.25) is 4.79 Å². The summed E-state index contributed by atoms with van der Waals surface area (Å²) in [7, 11) is 0. The van der Waals surface area contributed by atoms with E-state index in [1.807, 2.05) is 29.6 Å². The molecule has 4 nitrogen and oxygen atoms in total. The summed E-state index contributed by atoms with van der Waals surface area (Å²) in [5.41, 5.74) is 8.20. The number of nitrogens with one attached hydrogen (secondary N) is 1. The van der Waals surface area contributed by atoms with Crippen LogP contribution in [0.5, 0.6) is 0 Å². The maximum atomic E-state index is 11.8. The van der Waals surface area contributed by atoms with Crippen LogP contribution in [0.15, 0.2) is 29.6 Å². The van der Waals surface area contributed by atoms with Crippen LogP contribution in [-0.4, -0.2) is 10.9 Å². The van der Waals surface area contributed by atoms with E-state index >= 15 is 0 Å². The van der Waals surface area contributed by atoms with Gasteiger partial charge in [0.05, 0.1) is 23.7 Å². The standard InChI is InChI=1S/C14H17N3OS/c1-2-14-17-12(9-19-14)8-16-13(18)7-10-4-3-5-11(15)6-10/h3-6,9H,2,7-8,15H2,1H3,(H,16,18). The van der Waals surface area contributed by atoms with E-state index < -0.39 is 0 Å². The van der Waals surface area contributed by atoms with Crippen molar-refractivity contribution < 1.29 is 4.79 Å². The number of thiazole rings is 1. The van der Waals surface area contributed by atoms with Gasteiger partial charge >= 0.3 is 0 Å². The van der Waals surface area contributed by atoms with E-state index in [4.69, 9.17) is 5.73 Å². The molecule has 2 aromatic rings. The summed E-state index contributed by atoms with van der Waals surface area (Å²) in [6.45, 7) is 2.55. The maximum Gasteiger partial charge on any atom is 0.224 e. The lowest BCUT2D eigenvalue weighted by atomic mass is 10.1. The maximum absolute atomic E-state index is 11.8. The molecule has 5 heteroatoms. The normalized spacial score (nSPS) is 10.4. The molecule has 0 aliphatic heterocycles. The molecular weight excluding hydrogens is 258 g/mol. The predicted molar refractivity (Wildman–Crippen MR) is 77.9 cm³/mol. The quantitative estimate of drug-likeness (QED) is 0.822. The Morgan fingerprint density at radius 1 is 1.47 bits per heavy atom. The van der Waals surface area contributed by atoms with Gasteiger partial charge in [0.2, 0.25) is 5.91 Å². The Hall–Kier alpha value is -1.88. The van der Waals surface area contributed by atoms with E-state index in [9.17, 15) is 4.79 Å². The largest absolute Gasteiger partial charge is 0.399 e. The van der Waals surface area contributed by atoms with Gasteiger partial charge in [-0.05, 0) is 24.1 Å². The zero-order valence-electron chi connectivity index (χ0n) is 10.8. The van der Waals surface area contributed by atoms with Gasteiger partial charge in [-0.25, -0.2) is 4.98 Å². The highest BCUT2D eigenvalue weighted by Crippen LogP contribution is 2.10. The Morgan fingerprint density at radius 3 is 3.00 bits per heavy atom. The predicted octanol–water partition coefficient (Wildman–Crippen LogP) is 2.15. The van der Waals surface area contributed by atoms with Crippen molar-refractivity contribution in [3.05, 3.63) is 45.9 Å². The monoisotopic (exact) mass is 275 g/mol. The third-order valence-corrected chi connectivity index (χ3v) is 3.73. The van der Waals surface area contributed by atoms with Crippen molar-refractivity contribution in [1.29, 1.82) is 0 Å². The molecule has 0 fully saturated rings. The molecule has 0 aliphatic rings. The molecule has 100 valence electrons. The van der Waals surface area contributed by atoms with E-state index in [0.29, 0.717) is 18.7 Å². The first kappa shape index (κ1) is 13.5. The minimum atomic E-state index is -0.0170. The number of aromatic nitrogens is 1. The number of carbonyl (C=O) groups excluding carboxylic acids is 1. The van der Waals surface area contributed by atoms with Crippen molar-refractivity contribution in [2.75, 3.05) is 5.73 Å². The number of carbonyl (C=O) groups is 1. The van der Waals surface area contributed by atoms with Crippen molar-refractivity contribution in [2.45, 2.75) is 26.3 Å². The molecule has 1 aromatic heterocycles. The number of nitrogens with two attached hydrogens (primary N) is 1. The van der Waals surface area contributed by atoms with Gasteiger partial charge < -0.3 is 11.1 Å². The smallest absolute Gasteiger partial charge is 0.224 e. The van der Waals surface area contributed by atoms with Crippen molar-refractivity contribution in [2.24, 2.45) is 0 Å². The van der Waals surface area contributed by atoms with Gasteiger partial charge in [-0.15, -0.1) is 11.3 Å². The molecule has 0 saturated carbocycles. The lowest BCUT2D eigenvalue weighted by Crippen LogP contribution is -2.24. The molecule has 1 heterocycles. The Labute approximate surface area is 116 Å². The van der Waals surface area contributed by atoms with Crippen LogP contribution in [0.25, 0.3) is 0 Å². The first-order valence-corrected chi connectivity index (χ1v) is 7.09. The lowest BCUT2D eigenvalue weighted by molar-refractivity contribution is -0.120. The van der Waals surface area contributed by atoms with Crippen molar-refractivity contribution >= 4 is 22.9 Å². The summed E-state index contributed by atoms with van der Waals surface area (Å²) in [5.74, 6) is -0.0170. The first-order chi connectivity index (χ1) is 9.17. The second-order valence-corrected chi connectivity index (χ2v) is 5.23. The van der Waals surface area contributed by atoms with Gasteiger partial charge in [-0.2, -0.15) is 0 Å². The summed E-state index contributed by atoms with van der Waals surface area (Å²) in [6, 6.07) is 7.38. The van der Waals surface area contributed by atoms with Gasteiger partial charge in [0.15, 0.2) is 0 Å². The fraction of sp³-hybridized carbons (Fsp3) is 0.286. The van der Waals surface area contributed by atoms with Crippen LogP contribution >= 0.6 is 11.3 Å². The summed E-state index contributed by atoms with van der Waals surface area (Å²) in [5, 5.41) is 5.95. The van der Waals surface area contributed by atoms with E-state index in [2.05, 4.69) is 17.2 Å². The number of amides is 1. The number of hydrogen-bond acceptors (Lipinski definition) is 4. The summed E-state index contributed by atoms with van der Waals surface area (Å²) in [6.07, 6.45) is 1.28. The highest BCUT2D eigenvalue weighted by atomic mass is 32.1. The van der Waals surface area contributed by atoms with Crippen LogP contribution in [0.2, 0.25) is 0 Å². The Morgan fingerprint density at radius 2 is 2.32 bits per heavy atom. The van der Waals surface area contributed by atoms with E-state index in [-0.39, 0.29) is 5.91 Å². The Balaban J connectivity index is 1.84. The fourth-order valence-corrected chi connectivity index (χ4v) is 2.48. The average molecular weight is 275 g/mol. The number of rotatable bonds is 5. The molecule has 0 aliphatic carbocycles. The highest BCUT2D eigenvalue weighted by molar-refractivity contribution is 7.09. The molecular formula is C14H17N3OS. The van der Waals surface area contributed by atoms with Gasteiger partial charge in [0.25, 0.3) is 0 Å². The highest BCUT2D eigenvalue weighted by Gasteiger charge is 2.05. The van der Waals surface area contributed by atoms with E-state index in [1.165, 1.54) is 0 Å². The fourth-order valence-electron chi connectivity index (χ4n) is 1.73. The summed E-state index contributed by atoms with van der Waals surface area (Å²) in [4.78, 5) is 16.2. The first-order valence-electron chi connectivity index (χ1n) is 6.21. The van der Waals surface area contributed by atoms with Crippen LogP contribution in [0.1, 0.15) is 23.2 Å². The molecule has 2 rings (SSSR count). The topological polar surface area (TPSA) is 68.0 Å². The van der Waals surface area contributed by atoms with E-state index in [0.717, 1.165) is 22.7 Å². The van der Waals surface area contributed by atoms with Gasteiger partial charge in [0, 0.05) is 11.1 Å². The molecule has 19 heavy (non-hydrogen) atoms. The molecule has 0 saturated heterocycles. The number of nitrogens with zero attached hydrogens (tertiary/aromatic N) is 1. The summed E-state index contributed by atoms with van der Waals surface area (Å²) >= 11 is 1.63. The van der Waals surface area contributed by atoms with Crippen LogP contribution in [0.4, 0.5) is 5.69 Å². The van der Waals surface area contributed by atoms with Gasteiger partial charge in [-0.1, -0.05) is 19.1 Å². The molecule has 1 aromatic carbocycles. The van der Waals surface area contributed by atoms with Crippen molar-refractivity contribution in [3.8, 4) is 0 Å². The third kappa shape index (κ3) is 4.06. The third-order valence-electron chi connectivity index (χ3n) is 2.68. The minimum Gasteiger partial charge on any atom is -0.399 e. The van der Waals surface area contributed by atoms with Gasteiger partial charge in [0.1, 0.15) is 0 Å². The number of hydrogen-bond donors (Lipinski definition) is 2. The molecule has 1 amide bonds.